The van der Waals surface area contributed by atoms with Crippen molar-refractivity contribution in [2.45, 2.75) is 46.3 Å². The summed E-state index contributed by atoms with van der Waals surface area (Å²) in [7, 11) is 0. The molecule has 1 rings (SSSR count). The Balaban J connectivity index is 2.63. The monoisotopic (exact) mass is 312 g/mol. The van der Waals surface area contributed by atoms with Crippen LogP contribution in [0, 0.1) is 5.92 Å². The van der Waals surface area contributed by atoms with E-state index in [9.17, 15) is 4.79 Å². The first-order valence-electron chi connectivity index (χ1n) is 7.28. The molecule has 1 amide bonds. The van der Waals surface area contributed by atoms with Crippen LogP contribution in [0.25, 0.3) is 0 Å². The highest BCUT2D eigenvalue weighted by Crippen LogP contribution is 2.26. The number of nitrogens with one attached hydrogen (secondary N) is 1. The number of carbonyl (C=O) groups excluding carboxylic acids is 1. The fourth-order valence-corrected chi connectivity index (χ4v) is 2.08. The molecular formula is C16H25ClN2O2. The van der Waals surface area contributed by atoms with Crippen LogP contribution in [0.2, 0.25) is 5.02 Å². The van der Waals surface area contributed by atoms with Gasteiger partial charge in [-0.2, -0.15) is 0 Å². The van der Waals surface area contributed by atoms with E-state index >= 15 is 0 Å². The molecule has 21 heavy (non-hydrogen) atoms. The largest absolute Gasteiger partial charge is 0.479 e. The molecule has 3 N–H and O–H groups in total. The van der Waals surface area contributed by atoms with E-state index in [0.29, 0.717) is 23.2 Å². The fourth-order valence-electron chi connectivity index (χ4n) is 1.83. The van der Waals surface area contributed by atoms with Gasteiger partial charge in [-0.1, -0.05) is 31.5 Å². The molecule has 2 unspecified atom stereocenters. The molecule has 2 atom stereocenters. The van der Waals surface area contributed by atoms with E-state index in [0.717, 1.165) is 12.0 Å². The van der Waals surface area contributed by atoms with Crippen LogP contribution in [0.15, 0.2) is 18.2 Å². The molecule has 0 saturated carbocycles. The van der Waals surface area contributed by atoms with E-state index in [1.807, 2.05) is 32.9 Å². The average molecular weight is 313 g/mol. The molecule has 0 radical (unpaired) electrons. The molecule has 0 aliphatic rings. The summed E-state index contributed by atoms with van der Waals surface area (Å²) in [5.74, 6) is 0.777. The molecule has 1 aromatic rings. The van der Waals surface area contributed by atoms with E-state index in [1.54, 1.807) is 13.0 Å². The number of halogens is 1. The predicted octanol–water partition coefficient (Wildman–Crippen LogP) is 2.77. The van der Waals surface area contributed by atoms with Crippen LogP contribution in [0.3, 0.4) is 0 Å². The number of ether oxygens (including phenoxy) is 1. The lowest BCUT2D eigenvalue weighted by atomic mass is 10.1. The van der Waals surface area contributed by atoms with Gasteiger partial charge in [0.2, 0.25) is 0 Å². The van der Waals surface area contributed by atoms with Crippen molar-refractivity contribution in [2.24, 2.45) is 11.7 Å². The fraction of sp³-hybridized carbons (Fsp3) is 0.562. The zero-order chi connectivity index (χ0) is 16.0. The standard InChI is InChI=1S/C16H25ClN2O2/c1-10(2)9-19-16(20)12(4)21-15-6-5-13(7-11(3)18)8-14(15)17/h5-6,8,10-12H,7,9,18H2,1-4H3,(H,19,20). The van der Waals surface area contributed by atoms with Gasteiger partial charge in [0.1, 0.15) is 5.75 Å². The predicted molar refractivity (Wildman–Crippen MR) is 86.7 cm³/mol. The summed E-state index contributed by atoms with van der Waals surface area (Å²) in [5, 5.41) is 3.33. The number of nitrogens with two attached hydrogens (primary N) is 1. The Hall–Kier alpha value is -1.26. The molecule has 0 fully saturated rings. The lowest BCUT2D eigenvalue weighted by Gasteiger charge is -2.17. The molecule has 0 saturated heterocycles. The second kappa shape index (κ2) is 8.25. The first-order valence-corrected chi connectivity index (χ1v) is 7.65. The molecule has 0 bridgehead atoms. The highest BCUT2D eigenvalue weighted by atomic mass is 35.5. The zero-order valence-electron chi connectivity index (χ0n) is 13.2. The van der Waals surface area contributed by atoms with Crippen molar-refractivity contribution in [1.29, 1.82) is 0 Å². The van der Waals surface area contributed by atoms with Gasteiger partial charge in [0.25, 0.3) is 5.91 Å². The summed E-state index contributed by atoms with van der Waals surface area (Å²) in [5.41, 5.74) is 6.82. The van der Waals surface area contributed by atoms with Crippen LogP contribution >= 0.6 is 11.6 Å². The summed E-state index contributed by atoms with van der Waals surface area (Å²) in [4.78, 5) is 11.9. The van der Waals surface area contributed by atoms with Crippen LogP contribution in [0.5, 0.6) is 5.75 Å². The van der Waals surface area contributed by atoms with Crippen molar-refractivity contribution in [1.82, 2.24) is 5.32 Å². The second-order valence-corrected chi connectivity index (χ2v) is 6.25. The molecule has 0 aliphatic carbocycles. The van der Waals surface area contributed by atoms with Crippen molar-refractivity contribution in [3.05, 3.63) is 28.8 Å². The van der Waals surface area contributed by atoms with Crippen LogP contribution in [-0.4, -0.2) is 24.6 Å². The van der Waals surface area contributed by atoms with Gasteiger partial charge in [-0.25, -0.2) is 0 Å². The maximum absolute atomic E-state index is 11.9. The van der Waals surface area contributed by atoms with Gasteiger partial charge in [-0.3, -0.25) is 4.79 Å². The molecule has 1 aromatic carbocycles. The normalized spacial score (nSPS) is 13.9. The molecular weight excluding hydrogens is 288 g/mol. The lowest BCUT2D eigenvalue weighted by Crippen LogP contribution is -2.38. The topological polar surface area (TPSA) is 64.3 Å². The van der Waals surface area contributed by atoms with Crippen LogP contribution in [0.4, 0.5) is 0 Å². The number of benzene rings is 1. The minimum atomic E-state index is -0.583. The van der Waals surface area contributed by atoms with Gasteiger partial charge in [0.15, 0.2) is 6.10 Å². The number of hydrogen-bond acceptors (Lipinski definition) is 3. The maximum atomic E-state index is 11.9. The van der Waals surface area contributed by atoms with Gasteiger partial charge in [-0.15, -0.1) is 0 Å². The van der Waals surface area contributed by atoms with E-state index < -0.39 is 6.10 Å². The molecule has 0 aromatic heterocycles. The first kappa shape index (κ1) is 17.8. The van der Waals surface area contributed by atoms with Gasteiger partial charge in [0.05, 0.1) is 5.02 Å². The number of amides is 1. The van der Waals surface area contributed by atoms with Crippen molar-refractivity contribution in [3.8, 4) is 5.75 Å². The van der Waals surface area contributed by atoms with Gasteiger partial charge >= 0.3 is 0 Å². The Morgan fingerprint density at radius 2 is 2.00 bits per heavy atom. The van der Waals surface area contributed by atoms with Crippen molar-refractivity contribution in [3.63, 3.8) is 0 Å². The first-order chi connectivity index (χ1) is 9.79. The molecule has 0 spiro atoms. The smallest absolute Gasteiger partial charge is 0.260 e. The number of carbonyl (C=O) groups is 1. The van der Waals surface area contributed by atoms with Crippen molar-refractivity contribution < 1.29 is 9.53 Å². The third-order valence-electron chi connectivity index (χ3n) is 2.91. The molecule has 118 valence electrons. The number of rotatable bonds is 7. The third-order valence-corrected chi connectivity index (χ3v) is 3.21. The minimum absolute atomic E-state index is 0.0774. The van der Waals surface area contributed by atoms with Crippen molar-refractivity contribution in [2.75, 3.05) is 6.54 Å². The highest BCUT2D eigenvalue weighted by Gasteiger charge is 2.16. The Bertz CT molecular complexity index is 475. The van der Waals surface area contributed by atoms with Crippen molar-refractivity contribution >= 4 is 17.5 Å². The summed E-state index contributed by atoms with van der Waals surface area (Å²) in [6.45, 7) is 8.37. The quantitative estimate of drug-likeness (QED) is 0.813. The Kier molecular flexibility index (Phi) is 6.99. The maximum Gasteiger partial charge on any atom is 0.260 e. The van der Waals surface area contributed by atoms with E-state index in [-0.39, 0.29) is 11.9 Å². The molecule has 4 nitrogen and oxygen atoms in total. The van der Waals surface area contributed by atoms with Gasteiger partial charge in [-0.05, 0) is 43.9 Å². The minimum Gasteiger partial charge on any atom is -0.479 e. The Labute approximate surface area is 132 Å². The van der Waals surface area contributed by atoms with Crippen LogP contribution in [-0.2, 0) is 11.2 Å². The average Bonchev–Trinajstić information content (AvgIpc) is 2.38. The summed E-state index contributed by atoms with van der Waals surface area (Å²) in [6, 6.07) is 5.61. The van der Waals surface area contributed by atoms with Crippen LogP contribution in [0.1, 0.15) is 33.3 Å². The summed E-state index contributed by atoms with van der Waals surface area (Å²) >= 11 is 6.19. The van der Waals surface area contributed by atoms with E-state index in [2.05, 4.69) is 5.32 Å². The highest BCUT2D eigenvalue weighted by molar-refractivity contribution is 6.32. The van der Waals surface area contributed by atoms with E-state index in [4.69, 9.17) is 22.1 Å². The van der Waals surface area contributed by atoms with E-state index in [1.165, 1.54) is 0 Å². The second-order valence-electron chi connectivity index (χ2n) is 5.85. The van der Waals surface area contributed by atoms with Crippen LogP contribution < -0.4 is 15.8 Å². The molecule has 0 aliphatic heterocycles. The summed E-state index contributed by atoms with van der Waals surface area (Å²) in [6.07, 6.45) is 0.172. The SMILES string of the molecule is CC(C)CNC(=O)C(C)Oc1ccc(CC(C)N)cc1Cl. The lowest BCUT2D eigenvalue weighted by molar-refractivity contribution is -0.127. The Morgan fingerprint density at radius 3 is 2.52 bits per heavy atom. The van der Waals surface area contributed by atoms with Gasteiger partial charge < -0.3 is 15.8 Å². The van der Waals surface area contributed by atoms with Gasteiger partial charge in [0, 0.05) is 12.6 Å². The summed E-state index contributed by atoms with van der Waals surface area (Å²) < 4.78 is 5.62. The zero-order valence-corrected chi connectivity index (χ0v) is 13.9. The molecule has 5 heteroatoms. The Morgan fingerprint density at radius 1 is 1.33 bits per heavy atom. The number of hydrogen-bond donors (Lipinski definition) is 2. The third kappa shape index (κ3) is 6.36. The molecule has 0 heterocycles.